The minimum Gasteiger partial charge on any atom is -0.473 e. The van der Waals surface area contributed by atoms with Gasteiger partial charge in [0.15, 0.2) is 0 Å². The molecule has 2 aliphatic heterocycles. The predicted molar refractivity (Wildman–Crippen MR) is 151 cm³/mol. The topological polar surface area (TPSA) is 152 Å². The molecule has 15 heteroatoms. The van der Waals surface area contributed by atoms with Crippen molar-refractivity contribution in [3.05, 3.63) is 23.8 Å². The van der Waals surface area contributed by atoms with Gasteiger partial charge in [-0.15, -0.1) is 0 Å². The molecule has 2 N–H and O–H groups in total. The van der Waals surface area contributed by atoms with Gasteiger partial charge in [-0.05, 0) is 42.9 Å². The minimum absolute atomic E-state index is 0.00864. The SMILES string of the molecule is CN(C)C(=O)c1ccc2c(c1)O[C@@]1(C[C@@H](C#N)N(C(=O)[C@H](CC3CC3)N(C)C(=O)[C@H](CC3CC3)NC(=O)C(F)(F)F)C1)C(=O)N2. The number of hydrogen-bond donors (Lipinski definition) is 2. The quantitative estimate of drug-likeness (QED) is 0.423. The molecule has 12 nitrogen and oxygen atoms in total. The highest BCUT2D eigenvalue weighted by Crippen LogP contribution is 2.42. The molecule has 1 aromatic rings. The van der Waals surface area contributed by atoms with Crippen molar-refractivity contribution in [3.63, 3.8) is 0 Å². The van der Waals surface area contributed by atoms with Crippen LogP contribution in [0, 0.1) is 23.2 Å². The fourth-order valence-corrected chi connectivity index (χ4v) is 5.89. The van der Waals surface area contributed by atoms with E-state index in [9.17, 15) is 42.4 Å². The van der Waals surface area contributed by atoms with Gasteiger partial charge in [0, 0.05) is 33.1 Å². The van der Waals surface area contributed by atoms with Crippen LogP contribution in [0.15, 0.2) is 18.2 Å². The van der Waals surface area contributed by atoms with Crippen molar-refractivity contribution >= 4 is 35.2 Å². The average molecular weight is 633 g/mol. The van der Waals surface area contributed by atoms with E-state index in [1.165, 1.54) is 35.0 Å². The van der Waals surface area contributed by atoms with Crippen LogP contribution < -0.4 is 15.4 Å². The third-order valence-electron chi connectivity index (χ3n) is 8.84. The summed E-state index contributed by atoms with van der Waals surface area (Å²) in [7, 11) is 4.48. The van der Waals surface area contributed by atoms with E-state index in [1.54, 1.807) is 14.1 Å². The maximum absolute atomic E-state index is 14.1. The molecule has 0 unspecified atom stereocenters. The van der Waals surface area contributed by atoms with Crippen molar-refractivity contribution in [1.29, 1.82) is 5.26 Å². The molecule has 1 spiro atoms. The third kappa shape index (κ3) is 6.69. The summed E-state index contributed by atoms with van der Waals surface area (Å²) < 4.78 is 45.4. The highest BCUT2D eigenvalue weighted by atomic mass is 19.4. The van der Waals surface area contributed by atoms with Gasteiger partial charge in [-0.1, -0.05) is 25.7 Å². The molecule has 3 fully saturated rings. The number of halogens is 3. The maximum atomic E-state index is 14.1. The Balaban J connectivity index is 1.39. The lowest BCUT2D eigenvalue weighted by Gasteiger charge is -2.36. The first-order chi connectivity index (χ1) is 21.1. The normalized spacial score (nSPS) is 23.6. The summed E-state index contributed by atoms with van der Waals surface area (Å²) in [5.41, 5.74) is -1.04. The number of likely N-dealkylation sites (tertiary alicyclic amines) is 1. The molecule has 0 aromatic heterocycles. The number of ether oxygens (including phenoxy) is 1. The fourth-order valence-electron chi connectivity index (χ4n) is 5.89. The summed E-state index contributed by atoms with van der Waals surface area (Å²) in [5, 5.41) is 14.6. The zero-order valence-corrected chi connectivity index (χ0v) is 25.1. The molecule has 1 saturated heterocycles. The van der Waals surface area contributed by atoms with Crippen molar-refractivity contribution in [2.45, 2.75) is 74.8 Å². The highest BCUT2D eigenvalue weighted by molar-refractivity contribution is 6.03. The number of alkyl halides is 3. The monoisotopic (exact) mass is 632 g/mol. The average Bonchev–Trinajstić information content (AvgIpc) is 3.93. The number of benzene rings is 1. The molecule has 4 atom stereocenters. The van der Waals surface area contributed by atoms with Crippen molar-refractivity contribution in [3.8, 4) is 11.8 Å². The summed E-state index contributed by atoms with van der Waals surface area (Å²) in [6, 6.07) is 2.84. The molecule has 2 saturated carbocycles. The second-order valence-electron chi connectivity index (χ2n) is 12.6. The molecule has 2 heterocycles. The number of likely N-dealkylation sites (N-methyl/N-ethyl adjacent to an activating group) is 1. The van der Waals surface area contributed by atoms with E-state index in [-0.39, 0.29) is 49.3 Å². The lowest BCUT2D eigenvalue weighted by atomic mass is 9.96. The molecular weight excluding hydrogens is 597 g/mol. The number of carbonyl (C=O) groups excluding carboxylic acids is 5. The van der Waals surface area contributed by atoms with Crippen LogP contribution in [0.4, 0.5) is 18.9 Å². The van der Waals surface area contributed by atoms with Gasteiger partial charge in [-0.25, -0.2) is 0 Å². The van der Waals surface area contributed by atoms with Crippen LogP contribution in [0.5, 0.6) is 5.75 Å². The maximum Gasteiger partial charge on any atom is 0.471 e. The number of anilines is 1. The Hall–Kier alpha value is -4.35. The molecule has 1 aromatic carbocycles. The molecular formula is C30H35F3N6O6. The van der Waals surface area contributed by atoms with Crippen molar-refractivity contribution in [2.24, 2.45) is 11.8 Å². The molecule has 0 radical (unpaired) electrons. The summed E-state index contributed by atoms with van der Waals surface area (Å²) in [6.07, 6.45) is -2.13. The summed E-state index contributed by atoms with van der Waals surface area (Å²) >= 11 is 0. The second kappa shape index (κ2) is 11.9. The Labute approximate surface area is 257 Å². The molecule has 242 valence electrons. The zero-order valence-electron chi connectivity index (χ0n) is 25.1. The Morgan fingerprint density at radius 2 is 1.78 bits per heavy atom. The lowest BCUT2D eigenvalue weighted by Crippen LogP contribution is -2.58. The molecule has 5 amide bonds. The number of nitrogens with one attached hydrogen (secondary N) is 2. The van der Waals surface area contributed by atoms with E-state index in [4.69, 9.17) is 4.74 Å². The van der Waals surface area contributed by atoms with Gasteiger partial charge in [0.2, 0.25) is 17.4 Å². The zero-order chi connectivity index (χ0) is 32.8. The van der Waals surface area contributed by atoms with Gasteiger partial charge in [0.05, 0.1) is 18.3 Å². The second-order valence-corrected chi connectivity index (χ2v) is 12.6. The van der Waals surface area contributed by atoms with Gasteiger partial charge >= 0.3 is 12.1 Å². The van der Waals surface area contributed by atoms with E-state index in [2.05, 4.69) is 5.32 Å². The predicted octanol–water partition coefficient (Wildman–Crippen LogP) is 2.06. The van der Waals surface area contributed by atoms with Gasteiger partial charge in [0.1, 0.15) is 23.9 Å². The Morgan fingerprint density at radius 1 is 1.13 bits per heavy atom. The smallest absolute Gasteiger partial charge is 0.471 e. The van der Waals surface area contributed by atoms with Crippen molar-refractivity contribution < 1.29 is 41.9 Å². The number of nitrogens with zero attached hydrogens (tertiary/aromatic N) is 4. The van der Waals surface area contributed by atoms with Crippen molar-refractivity contribution in [2.75, 3.05) is 33.0 Å². The number of nitriles is 1. The largest absolute Gasteiger partial charge is 0.473 e. The molecule has 0 bridgehead atoms. The number of hydrogen-bond acceptors (Lipinski definition) is 7. The number of rotatable bonds is 9. The Bertz CT molecular complexity index is 1450. The highest BCUT2D eigenvalue weighted by Gasteiger charge is 2.57. The Kier molecular flexibility index (Phi) is 8.45. The van der Waals surface area contributed by atoms with Crippen LogP contribution in [0.2, 0.25) is 0 Å². The fraction of sp³-hybridized carbons (Fsp3) is 0.600. The first-order valence-corrected chi connectivity index (χ1v) is 14.8. The first-order valence-electron chi connectivity index (χ1n) is 14.8. The number of carbonyl (C=O) groups is 5. The summed E-state index contributed by atoms with van der Waals surface area (Å²) in [5.74, 6) is -4.33. The van der Waals surface area contributed by atoms with Crippen LogP contribution in [0.25, 0.3) is 0 Å². The molecule has 5 rings (SSSR count). The number of amides is 5. The molecule has 45 heavy (non-hydrogen) atoms. The molecule has 2 aliphatic carbocycles. The Morgan fingerprint density at radius 3 is 2.36 bits per heavy atom. The molecule has 4 aliphatic rings. The summed E-state index contributed by atoms with van der Waals surface area (Å²) in [6.45, 7) is -0.333. The van der Waals surface area contributed by atoms with E-state index in [1.807, 2.05) is 11.4 Å². The standard InChI is InChI=1S/C30H35F3N6O6/c1-37(2)24(40)18-8-9-20-23(12-18)45-29(27(43)35-20)13-19(14-34)39(15-29)26(42)22(11-17-6-7-17)38(3)25(41)21(10-16-4-5-16)36-28(44)30(31,32)33/h8-9,12,16-17,19,21-22H,4-7,10-11,13,15H2,1-3H3,(H,35,43)(H,36,44)/t19-,21-,22-,29+/m0/s1. The van der Waals surface area contributed by atoms with Crippen LogP contribution >= 0.6 is 0 Å². The minimum atomic E-state index is -5.19. The first kappa shape index (κ1) is 32.1. The van der Waals surface area contributed by atoms with E-state index in [0.717, 1.165) is 30.6 Å². The van der Waals surface area contributed by atoms with Crippen LogP contribution in [0.1, 0.15) is 55.3 Å². The van der Waals surface area contributed by atoms with Gasteiger partial charge < -0.3 is 30.1 Å². The van der Waals surface area contributed by atoms with Crippen LogP contribution in [0.3, 0.4) is 0 Å². The van der Waals surface area contributed by atoms with E-state index >= 15 is 0 Å². The summed E-state index contributed by atoms with van der Waals surface area (Å²) in [4.78, 5) is 69.0. The van der Waals surface area contributed by atoms with E-state index < -0.39 is 53.5 Å². The van der Waals surface area contributed by atoms with Gasteiger partial charge in [-0.2, -0.15) is 18.4 Å². The van der Waals surface area contributed by atoms with E-state index in [0.29, 0.717) is 11.3 Å². The lowest BCUT2D eigenvalue weighted by molar-refractivity contribution is -0.175. The number of fused-ring (bicyclic) bond motifs is 1. The van der Waals surface area contributed by atoms with Crippen LogP contribution in [-0.2, 0) is 19.2 Å². The van der Waals surface area contributed by atoms with Crippen molar-refractivity contribution in [1.82, 2.24) is 20.0 Å². The van der Waals surface area contributed by atoms with Gasteiger partial charge in [-0.3, -0.25) is 24.0 Å². The third-order valence-corrected chi connectivity index (χ3v) is 8.84. The van der Waals surface area contributed by atoms with Crippen LogP contribution in [-0.4, -0.2) is 102 Å². The van der Waals surface area contributed by atoms with Gasteiger partial charge in [0.25, 0.3) is 11.8 Å².